The zero-order chi connectivity index (χ0) is 24.6. The fourth-order valence-corrected chi connectivity index (χ4v) is 10.4. The zero-order valence-corrected chi connectivity index (χ0v) is 24.1. The van der Waals surface area contributed by atoms with Crippen molar-refractivity contribution in [3.05, 3.63) is 92.6 Å². The molecule has 3 aromatic carbocycles. The van der Waals surface area contributed by atoms with E-state index in [4.69, 9.17) is 4.43 Å². The molecule has 4 aromatic rings. The molecule has 1 N–H and O–H groups in total. The number of H-pyrrole nitrogens is 1. The summed E-state index contributed by atoms with van der Waals surface area (Å²) in [6.07, 6.45) is -0.389. The molecule has 4 rings (SSSR count). The van der Waals surface area contributed by atoms with Gasteiger partial charge in [-0.2, -0.15) is 0 Å². The number of rotatable bonds is 7. The fraction of sp³-hybridized carbons (Fsp3) is 0.259. The van der Waals surface area contributed by atoms with E-state index < -0.39 is 20.8 Å². The Kier molecular flexibility index (Phi) is 7.39. The van der Waals surface area contributed by atoms with Crippen LogP contribution in [0, 0.1) is 3.70 Å². The molecule has 0 saturated carbocycles. The lowest BCUT2D eigenvalue weighted by Crippen LogP contribution is -2.67. The van der Waals surface area contributed by atoms with E-state index in [1.165, 1.54) is 0 Å². The van der Waals surface area contributed by atoms with E-state index in [-0.39, 0.29) is 11.5 Å². The van der Waals surface area contributed by atoms with Crippen molar-refractivity contribution in [1.29, 1.82) is 0 Å². The van der Waals surface area contributed by atoms with E-state index in [1.807, 2.05) is 78.9 Å². The first-order valence-corrected chi connectivity index (χ1v) is 14.9. The van der Waals surface area contributed by atoms with Crippen molar-refractivity contribution < 1.29 is 13.2 Å². The molecule has 2 nitrogen and oxygen atoms in total. The maximum Gasteiger partial charge on any atom is 0.273 e. The van der Waals surface area contributed by atoms with Crippen LogP contribution in [0.1, 0.15) is 26.3 Å². The third-order valence-electron chi connectivity index (χ3n) is 6.17. The number of aromatic amines is 1. The summed E-state index contributed by atoms with van der Waals surface area (Å²) in [6.45, 7) is 5.64. The molecule has 0 atom stereocenters. The molecular weight excluding hydrogens is 627 g/mol. The van der Waals surface area contributed by atoms with Crippen molar-refractivity contribution in [3.8, 4) is 0 Å². The van der Waals surface area contributed by atoms with Gasteiger partial charge in [0.2, 0.25) is 0 Å². The predicted molar refractivity (Wildman–Crippen MR) is 151 cm³/mol. The molecule has 0 fully saturated rings. The molecule has 1 aromatic heterocycles. The summed E-state index contributed by atoms with van der Waals surface area (Å²) in [5.74, 6) is -3.04. The molecule has 0 unspecified atom stereocenters. The van der Waals surface area contributed by atoms with Gasteiger partial charge in [0.15, 0.2) is 0 Å². The summed E-state index contributed by atoms with van der Waals surface area (Å²) in [5.41, 5.74) is 1.47. The maximum absolute atomic E-state index is 15.6. The monoisotopic (exact) mass is 653 g/mol. The molecule has 0 amide bonds. The Bertz CT molecular complexity index is 1230. The molecule has 0 radical (unpaired) electrons. The average Bonchev–Trinajstić information content (AvgIpc) is 3.08. The molecule has 0 aliphatic rings. The lowest BCUT2D eigenvalue weighted by Gasteiger charge is -2.43. The Balaban J connectivity index is 1.72. The van der Waals surface area contributed by atoms with Crippen LogP contribution in [0.5, 0.6) is 0 Å². The van der Waals surface area contributed by atoms with Crippen LogP contribution in [0.3, 0.4) is 0 Å². The average molecular weight is 654 g/mol. The highest BCUT2D eigenvalue weighted by Crippen LogP contribution is 2.38. The first-order chi connectivity index (χ1) is 16.0. The molecule has 7 heteroatoms. The van der Waals surface area contributed by atoms with Crippen molar-refractivity contribution >= 4 is 68.1 Å². The topological polar surface area (TPSA) is 25.0 Å². The van der Waals surface area contributed by atoms with E-state index in [2.05, 4.69) is 64.3 Å². The highest BCUT2D eigenvalue weighted by atomic mass is 127. The Morgan fingerprint density at radius 1 is 0.912 bits per heavy atom. The van der Waals surface area contributed by atoms with Crippen molar-refractivity contribution in [2.75, 3.05) is 6.61 Å². The van der Waals surface area contributed by atoms with Gasteiger partial charge in [-0.25, -0.2) is 8.78 Å². The highest BCUT2D eigenvalue weighted by molar-refractivity contribution is 14.1. The Morgan fingerprint density at radius 3 is 2.00 bits per heavy atom. The molecule has 0 saturated heterocycles. The minimum absolute atomic E-state index is 0.355. The van der Waals surface area contributed by atoms with Crippen molar-refractivity contribution in [3.63, 3.8) is 0 Å². The van der Waals surface area contributed by atoms with Gasteiger partial charge in [0.1, 0.15) is 0 Å². The van der Waals surface area contributed by atoms with E-state index in [9.17, 15) is 0 Å². The maximum atomic E-state index is 15.6. The molecule has 34 heavy (non-hydrogen) atoms. The van der Waals surface area contributed by atoms with Gasteiger partial charge in [-0.3, -0.25) is 0 Å². The number of aromatic nitrogens is 1. The third-order valence-corrected chi connectivity index (χ3v) is 12.6. The second kappa shape index (κ2) is 9.83. The van der Waals surface area contributed by atoms with E-state index in [1.54, 1.807) is 0 Å². The molecule has 0 aliphatic heterocycles. The SMILES string of the molecule is CC(C)(C)[Si](OCC(F)(F)Cc1c(I)[nH]c2ccc(Br)cc12)(c1ccccc1)c1ccccc1. The standard InChI is InChI=1S/C27H27BrF2INOSi/c1-26(2,3)34(20-10-6-4-7-11-20,21-12-8-5-9-13-21)33-18-27(29,30)17-23-22-16-19(28)14-15-24(22)32-25(23)31/h4-16,32H,17-18H2,1-3H3. The normalized spacial score (nSPS) is 12.9. The molecule has 178 valence electrons. The lowest BCUT2D eigenvalue weighted by atomic mass is 10.1. The third kappa shape index (κ3) is 5.03. The number of nitrogens with one attached hydrogen (secondary N) is 1. The van der Waals surface area contributed by atoms with Crippen LogP contribution >= 0.6 is 38.5 Å². The summed E-state index contributed by atoms with van der Waals surface area (Å²) in [5, 5.41) is 2.44. The summed E-state index contributed by atoms with van der Waals surface area (Å²) in [6, 6.07) is 25.5. The van der Waals surface area contributed by atoms with E-state index >= 15 is 8.78 Å². The van der Waals surface area contributed by atoms with Gasteiger partial charge in [-0.1, -0.05) is 97.4 Å². The lowest BCUT2D eigenvalue weighted by molar-refractivity contribution is -0.0429. The van der Waals surface area contributed by atoms with Crippen molar-refractivity contribution in [2.45, 2.75) is 38.2 Å². The number of hydrogen-bond donors (Lipinski definition) is 1. The van der Waals surface area contributed by atoms with E-state index in [0.717, 1.165) is 29.4 Å². The summed E-state index contributed by atoms with van der Waals surface area (Å²) >= 11 is 5.57. The Morgan fingerprint density at radius 2 is 1.47 bits per heavy atom. The van der Waals surface area contributed by atoms with Crippen LogP contribution < -0.4 is 10.4 Å². The minimum Gasteiger partial charge on any atom is -0.401 e. The van der Waals surface area contributed by atoms with Crippen LogP contribution in [0.4, 0.5) is 8.78 Å². The number of fused-ring (bicyclic) bond motifs is 1. The molecule has 0 spiro atoms. The van der Waals surface area contributed by atoms with Gasteiger partial charge >= 0.3 is 0 Å². The van der Waals surface area contributed by atoms with Gasteiger partial charge in [0, 0.05) is 21.8 Å². The summed E-state index contributed by atoms with van der Waals surface area (Å²) < 4.78 is 39.3. The minimum atomic E-state index is -3.04. The van der Waals surface area contributed by atoms with Crippen LogP contribution in [0.25, 0.3) is 10.9 Å². The second-order valence-electron chi connectivity index (χ2n) is 9.59. The molecule has 0 aliphatic carbocycles. The van der Waals surface area contributed by atoms with Crippen molar-refractivity contribution in [2.24, 2.45) is 0 Å². The van der Waals surface area contributed by atoms with Crippen LogP contribution in [-0.2, 0) is 10.8 Å². The number of alkyl halides is 2. The Hall–Kier alpha value is -1.55. The van der Waals surface area contributed by atoms with E-state index in [0.29, 0.717) is 5.56 Å². The second-order valence-corrected chi connectivity index (χ2v) is 15.9. The highest BCUT2D eigenvalue weighted by Gasteiger charge is 2.51. The van der Waals surface area contributed by atoms with Crippen LogP contribution in [0.15, 0.2) is 83.3 Å². The number of halogens is 4. The van der Waals surface area contributed by atoms with Crippen LogP contribution in [0.2, 0.25) is 5.04 Å². The van der Waals surface area contributed by atoms with Gasteiger partial charge < -0.3 is 9.41 Å². The molecule has 0 bridgehead atoms. The first kappa shape index (κ1) is 25.5. The van der Waals surface area contributed by atoms with Gasteiger partial charge in [-0.05, 0) is 61.8 Å². The first-order valence-electron chi connectivity index (χ1n) is 11.1. The smallest absolute Gasteiger partial charge is 0.273 e. The summed E-state index contributed by atoms with van der Waals surface area (Å²) in [4.78, 5) is 3.23. The molecule has 1 heterocycles. The number of benzene rings is 3. The zero-order valence-electron chi connectivity index (χ0n) is 19.3. The quantitative estimate of drug-likeness (QED) is 0.165. The van der Waals surface area contributed by atoms with Gasteiger partial charge in [0.25, 0.3) is 14.2 Å². The fourth-order valence-electron chi connectivity index (χ4n) is 4.64. The van der Waals surface area contributed by atoms with Gasteiger partial charge in [-0.15, -0.1) is 0 Å². The molecular formula is C27H27BrF2INOSi. The van der Waals surface area contributed by atoms with Crippen LogP contribution in [-0.4, -0.2) is 25.8 Å². The van der Waals surface area contributed by atoms with Crippen molar-refractivity contribution in [1.82, 2.24) is 4.98 Å². The number of hydrogen-bond acceptors (Lipinski definition) is 1. The largest absolute Gasteiger partial charge is 0.401 e. The van der Waals surface area contributed by atoms with Gasteiger partial charge in [0.05, 0.1) is 10.3 Å². The summed E-state index contributed by atoms with van der Waals surface area (Å²) in [7, 11) is -3.03. The predicted octanol–water partition coefficient (Wildman–Crippen LogP) is 7.29. The Labute approximate surface area is 222 Å².